The summed E-state index contributed by atoms with van der Waals surface area (Å²) in [5.41, 5.74) is -0.840. The van der Waals surface area contributed by atoms with Gasteiger partial charge < -0.3 is 10.2 Å². The van der Waals surface area contributed by atoms with Crippen molar-refractivity contribution in [3.63, 3.8) is 0 Å². The minimum Gasteiger partial charge on any atom is -0.481 e. The zero-order valence-corrected chi connectivity index (χ0v) is 12.7. The van der Waals surface area contributed by atoms with Crippen molar-refractivity contribution in [2.45, 2.75) is 65.1 Å². The highest BCUT2D eigenvalue weighted by Crippen LogP contribution is 2.29. The van der Waals surface area contributed by atoms with Gasteiger partial charge in [-0.1, -0.05) is 0 Å². The predicted octanol–water partition coefficient (Wildman–Crippen LogP) is 2.24. The van der Waals surface area contributed by atoms with Crippen molar-refractivity contribution in [3.8, 4) is 0 Å². The van der Waals surface area contributed by atoms with E-state index in [2.05, 4.69) is 0 Å². The Balaban J connectivity index is 0. The molecule has 6 heteroatoms. The van der Waals surface area contributed by atoms with Crippen LogP contribution < -0.4 is 0 Å². The first-order chi connectivity index (χ1) is 7.37. The van der Waals surface area contributed by atoms with Gasteiger partial charge in [-0.2, -0.15) is 0 Å². The standard InChI is InChI=1S/C12H23NO4.ClH/c1-11(2,3)13(12(4,5)6)8(10(16)17)7-9(14)15;/h8H,7H2,1-6H3,(H,14,15)(H,16,17);1H. The maximum absolute atomic E-state index is 11.3. The maximum Gasteiger partial charge on any atom is 0.321 e. The smallest absolute Gasteiger partial charge is 0.321 e. The van der Waals surface area contributed by atoms with Crippen LogP contribution in [0.1, 0.15) is 48.0 Å². The van der Waals surface area contributed by atoms with Gasteiger partial charge in [-0.05, 0) is 41.5 Å². The van der Waals surface area contributed by atoms with E-state index >= 15 is 0 Å². The van der Waals surface area contributed by atoms with Gasteiger partial charge in [-0.25, -0.2) is 0 Å². The van der Waals surface area contributed by atoms with Crippen LogP contribution in [0.2, 0.25) is 0 Å². The van der Waals surface area contributed by atoms with Gasteiger partial charge in [0, 0.05) is 11.1 Å². The first-order valence-electron chi connectivity index (χ1n) is 5.61. The first-order valence-corrected chi connectivity index (χ1v) is 5.61. The third kappa shape index (κ3) is 5.69. The summed E-state index contributed by atoms with van der Waals surface area (Å²) in [6.07, 6.45) is -0.399. The fraction of sp³-hybridized carbons (Fsp3) is 0.833. The molecule has 0 saturated heterocycles. The first kappa shape index (κ1) is 19.5. The molecule has 0 aliphatic heterocycles. The maximum atomic E-state index is 11.3. The van der Waals surface area contributed by atoms with Crippen LogP contribution in [0.4, 0.5) is 0 Å². The number of aliphatic carboxylic acids is 2. The van der Waals surface area contributed by atoms with E-state index in [1.807, 2.05) is 41.5 Å². The quantitative estimate of drug-likeness (QED) is 0.826. The van der Waals surface area contributed by atoms with Crippen molar-refractivity contribution in [2.24, 2.45) is 0 Å². The van der Waals surface area contributed by atoms with E-state index in [4.69, 9.17) is 5.11 Å². The number of carboxylic acid groups (broad SMARTS) is 2. The summed E-state index contributed by atoms with van der Waals surface area (Å²) < 4.78 is 0. The highest BCUT2D eigenvalue weighted by molar-refractivity contribution is 5.85. The molecule has 0 aromatic carbocycles. The monoisotopic (exact) mass is 281 g/mol. The molecular weight excluding hydrogens is 258 g/mol. The van der Waals surface area contributed by atoms with E-state index in [-0.39, 0.29) is 12.4 Å². The second kappa shape index (κ2) is 6.38. The lowest BCUT2D eigenvalue weighted by molar-refractivity contribution is -0.156. The van der Waals surface area contributed by atoms with Gasteiger partial charge in [0.05, 0.1) is 6.42 Å². The fourth-order valence-corrected chi connectivity index (χ4v) is 2.40. The van der Waals surface area contributed by atoms with Crippen LogP contribution in [-0.2, 0) is 9.59 Å². The summed E-state index contributed by atoms with van der Waals surface area (Å²) in [5, 5.41) is 18.0. The summed E-state index contributed by atoms with van der Waals surface area (Å²) >= 11 is 0. The molecule has 108 valence electrons. The highest BCUT2D eigenvalue weighted by Gasteiger charge is 2.41. The Morgan fingerprint density at radius 2 is 1.33 bits per heavy atom. The number of carboxylic acids is 2. The summed E-state index contributed by atoms with van der Waals surface area (Å²) in [7, 11) is 0. The summed E-state index contributed by atoms with van der Waals surface area (Å²) in [6.45, 7) is 11.3. The minimum absolute atomic E-state index is 0. The lowest BCUT2D eigenvalue weighted by Crippen LogP contribution is -2.60. The van der Waals surface area contributed by atoms with E-state index in [1.165, 1.54) is 0 Å². The SMILES string of the molecule is CC(C)(C)N(C(CC(=O)O)C(=O)O)C(C)(C)C.Cl. The molecule has 0 bridgehead atoms. The highest BCUT2D eigenvalue weighted by atomic mass is 35.5. The predicted molar refractivity (Wildman–Crippen MR) is 72.3 cm³/mol. The number of halogens is 1. The van der Waals surface area contributed by atoms with Crippen LogP contribution in [0.3, 0.4) is 0 Å². The van der Waals surface area contributed by atoms with Gasteiger partial charge >= 0.3 is 11.9 Å². The van der Waals surface area contributed by atoms with Crippen LogP contribution >= 0.6 is 12.4 Å². The number of rotatable bonds is 4. The van der Waals surface area contributed by atoms with Gasteiger partial charge in [-0.3, -0.25) is 14.5 Å². The molecular formula is C12H24ClNO4. The molecule has 18 heavy (non-hydrogen) atoms. The fourth-order valence-electron chi connectivity index (χ4n) is 2.40. The Hall–Kier alpha value is -0.810. The Morgan fingerprint density at radius 1 is 1.00 bits per heavy atom. The van der Waals surface area contributed by atoms with E-state index in [0.717, 1.165) is 0 Å². The Labute approximate surface area is 115 Å². The Kier molecular flexibility index (Phi) is 6.93. The molecule has 0 amide bonds. The topological polar surface area (TPSA) is 77.8 Å². The van der Waals surface area contributed by atoms with Crippen LogP contribution in [0.15, 0.2) is 0 Å². The molecule has 1 atom stereocenters. The summed E-state index contributed by atoms with van der Waals surface area (Å²) in [6, 6.07) is -1.02. The number of hydrogen-bond acceptors (Lipinski definition) is 3. The molecule has 0 saturated carbocycles. The van der Waals surface area contributed by atoms with Crippen molar-refractivity contribution in [1.82, 2.24) is 4.90 Å². The lowest BCUT2D eigenvalue weighted by Gasteiger charge is -2.48. The average molecular weight is 282 g/mol. The largest absolute Gasteiger partial charge is 0.481 e. The molecule has 1 unspecified atom stereocenters. The van der Waals surface area contributed by atoms with E-state index in [9.17, 15) is 14.7 Å². The molecule has 0 aliphatic rings. The zero-order valence-electron chi connectivity index (χ0n) is 11.9. The third-order valence-electron chi connectivity index (χ3n) is 2.41. The third-order valence-corrected chi connectivity index (χ3v) is 2.41. The van der Waals surface area contributed by atoms with Gasteiger partial charge in [0.1, 0.15) is 6.04 Å². The summed E-state index contributed by atoms with van der Waals surface area (Å²) in [4.78, 5) is 23.8. The molecule has 0 aromatic heterocycles. The van der Waals surface area contributed by atoms with Crippen LogP contribution in [-0.4, -0.2) is 44.2 Å². The van der Waals surface area contributed by atoms with Crippen molar-refractivity contribution in [2.75, 3.05) is 0 Å². The lowest BCUT2D eigenvalue weighted by atomic mass is 9.92. The molecule has 0 aliphatic carbocycles. The van der Waals surface area contributed by atoms with E-state index in [1.54, 1.807) is 4.90 Å². The van der Waals surface area contributed by atoms with Crippen LogP contribution in [0.25, 0.3) is 0 Å². The summed E-state index contributed by atoms with van der Waals surface area (Å²) in [5.74, 6) is -2.20. The van der Waals surface area contributed by atoms with Crippen molar-refractivity contribution in [1.29, 1.82) is 0 Å². The molecule has 5 nitrogen and oxygen atoms in total. The van der Waals surface area contributed by atoms with Crippen molar-refractivity contribution in [3.05, 3.63) is 0 Å². The normalized spacial score (nSPS) is 13.9. The van der Waals surface area contributed by atoms with Crippen molar-refractivity contribution < 1.29 is 19.8 Å². The number of carbonyl (C=O) groups is 2. The molecule has 0 rings (SSSR count). The number of nitrogens with zero attached hydrogens (tertiary/aromatic N) is 1. The molecule has 0 spiro atoms. The Morgan fingerprint density at radius 3 is 1.50 bits per heavy atom. The van der Waals surface area contributed by atoms with Gasteiger partial charge in [0.25, 0.3) is 0 Å². The van der Waals surface area contributed by atoms with Crippen LogP contribution in [0, 0.1) is 0 Å². The second-order valence-corrected chi connectivity index (χ2v) is 6.16. The average Bonchev–Trinajstić information content (AvgIpc) is 1.95. The van der Waals surface area contributed by atoms with Crippen molar-refractivity contribution >= 4 is 24.3 Å². The minimum atomic E-state index is -1.10. The van der Waals surface area contributed by atoms with Crippen LogP contribution in [0.5, 0.6) is 0 Å². The van der Waals surface area contributed by atoms with Gasteiger partial charge in [0.15, 0.2) is 0 Å². The van der Waals surface area contributed by atoms with Gasteiger partial charge in [-0.15, -0.1) is 12.4 Å². The van der Waals surface area contributed by atoms with E-state index < -0.39 is 35.5 Å². The molecule has 0 heterocycles. The zero-order chi connectivity index (χ0) is 14.0. The molecule has 2 N–H and O–H groups in total. The van der Waals surface area contributed by atoms with Gasteiger partial charge in [0.2, 0.25) is 0 Å². The molecule has 0 aromatic rings. The van der Waals surface area contributed by atoms with E-state index in [0.29, 0.717) is 0 Å². The molecule has 0 fully saturated rings. The Bertz CT molecular complexity index is 290. The molecule has 0 radical (unpaired) electrons. The second-order valence-electron chi connectivity index (χ2n) is 6.16. The number of hydrogen-bond donors (Lipinski definition) is 2.